The largest absolute Gasteiger partial charge is 0.444 e. The minimum atomic E-state index is -0.858. The van der Waals surface area contributed by atoms with Crippen molar-refractivity contribution in [1.29, 1.82) is 0 Å². The Kier molecular flexibility index (Phi) is 7.42. The zero-order valence-electron chi connectivity index (χ0n) is 17.7. The van der Waals surface area contributed by atoms with Crippen molar-refractivity contribution in [2.24, 2.45) is 0 Å². The Hall–Kier alpha value is -2.83. The molecule has 1 amide bonds. The van der Waals surface area contributed by atoms with Crippen molar-refractivity contribution in [3.8, 4) is 5.75 Å². The molecule has 0 aliphatic rings. The fourth-order valence-corrected chi connectivity index (χ4v) is 2.81. The van der Waals surface area contributed by atoms with Gasteiger partial charge in [0.1, 0.15) is 23.0 Å². The lowest BCUT2D eigenvalue weighted by atomic mass is 10.0. The fraction of sp³-hybridized carbons (Fsp3) is 0.500. The van der Waals surface area contributed by atoms with E-state index in [4.69, 9.17) is 13.9 Å². The lowest BCUT2D eigenvalue weighted by Crippen LogP contribution is -2.44. The maximum Gasteiger partial charge on any atom is 0.408 e. The van der Waals surface area contributed by atoms with Crippen LogP contribution < -0.4 is 15.7 Å². The molecular weight excluding hydrogens is 374 g/mol. The van der Waals surface area contributed by atoms with E-state index in [0.29, 0.717) is 12.0 Å². The van der Waals surface area contributed by atoms with E-state index in [1.807, 2.05) is 0 Å². The molecule has 1 aromatic carbocycles. The Balaban J connectivity index is 2.16. The number of aryl methyl sites for hydroxylation is 1. The van der Waals surface area contributed by atoms with Gasteiger partial charge in [0.05, 0.1) is 0 Å². The first-order valence-corrected chi connectivity index (χ1v) is 9.91. The third kappa shape index (κ3) is 6.62. The normalized spacial score (nSPS) is 12.4. The van der Waals surface area contributed by atoms with Gasteiger partial charge in [0.25, 0.3) is 0 Å². The maximum atomic E-state index is 12.5. The van der Waals surface area contributed by atoms with Crippen LogP contribution in [0.3, 0.4) is 0 Å². The predicted octanol–water partition coefficient (Wildman–Crippen LogP) is 4.34. The number of fused-ring (bicyclic) bond motifs is 1. The number of amides is 1. The van der Waals surface area contributed by atoms with Gasteiger partial charge in [-0.05, 0) is 57.7 Å². The summed E-state index contributed by atoms with van der Waals surface area (Å²) in [5.41, 5.74) is 0.165. The molecule has 0 aliphatic heterocycles. The molecule has 1 atom stereocenters. The molecule has 1 aromatic heterocycles. The number of carbonyl (C=O) groups excluding carboxylic acids is 2. The third-order valence-electron chi connectivity index (χ3n) is 4.20. The number of hydrogen-bond acceptors (Lipinski definition) is 6. The number of esters is 1. The highest BCUT2D eigenvalue weighted by molar-refractivity contribution is 5.85. The molecule has 158 valence electrons. The summed E-state index contributed by atoms with van der Waals surface area (Å²) in [7, 11) is 0. The van der Waals surface area contributed by atoms with Gasteiger partial charge in [0, 0.05) is 17.5 Å². The van der Waals surface area contributed by atoms with Gasteiger partial charge < -0.3 is 19.2 Å². The van der Waals surface area contributed by atoms with E-state index >= 15 is 0 Å². The molecule has 2 rings (SSSR count). The number of hydrogen-bond donors (Lipinski definition) is 1. The average molecular weight is 403 g/mol. The highest BCUT2D eigenvalue weighted by atomic mass is 16.6. The van der Waals surface area contributed by atoms with Crippen LogP contribution >= 0.6 is 0 Å². The maximum absolute atomic E-state index is 12.5. The summed E-state index contributed by atoms with van der Waals surface area (Å²) in [5, 5.41) is 3.33. The Bertz CT molecular complexity index is 925. The van der Waals surface area contributed by atoms with Crippen LogP contribution in [0.15, 0.2) is 33.5 Å². The molecule has 29 heavy (non-hydrogen) atoms. The number of rotatable bonds is 7. The van der Waals surface area contributed by atoms with Gasteiger partial charge >= 0.3 is 17.7 Å². The van der Waals surface area contributed by atoms with Gasteiger partial charge in [0.15, 0.2) is 0 Å². The van der Waals surface area contributed by atoms with Crippen molar-refractivity contribution in [3.05, 3.63) is 40.2 Å². The van der Waals surface area contributed by atoms with E-state index in [2.05, 4.69) is 12.2 Å². The van der Waals surface area contributed by atoms with Gasteiger partial charge in [-0.2, -0.15) is 0 Å². The summed E-state index contributed by atoms with van der Waals surface area (Å²) in [6.45, 7) is 9.06. The zero-order valence-corrected chi connectivity index (χ0v) is 17.7. The van der Waals surface area contributed by atoms with E-state index in [1.165, 1.54) is 12.1 Å². The standard InChI is InChI=1S/C22H29NO6/c1-6-8-9-14-12-19(24)28-18-13-15(10-11-16(14)18)27-20(25)17(7-2)23-21(26)29-22(3,4)5/h10-13,17H,6-9H2,1-5H3,(H,23,26). The minimum absolute atomic E-state index is 0.239. The van der Waals surface area contributed by atoms with Crippen molar-refractivity contribution in [2.45, 2.75) is 71.9 Å². The van der Waals surface area contributed by atoms with Crippen molar-refractivity contribution in [2.75, 3.05) is 0 Å². The van der Waals surface area contributed by atoms with Gasteiger partial charge in [-0.15, -0.1) is 0 Å². The predicted molar refractivity (Wildman–Crippen MR) is 110 cm³/mol. The quantitative estimate of drug-likeness (QED) is 0.420. The Morgan fingerprint density at radius 3 is 2.52 bits per heavy atom. The second kappa shape index (κ2) is 9.58. The molecule has 1 N–H and O–H groups in total. The van der Waals surface area contributed by atoms with E-state index in [9.17, 15) is 14.4 Å². The number of unbranched alkanes of at least 4 members (excludes halogenated alkanes) is 1. The molecule has 0 fully saturated rings. The van der Waals surface area contributed by atoms with Crippen LogP contribution in [-0.4, -0.2) is 23.7 Å². The lowest BCUT2D eigenvalue weighted by molar-refractivity contribution is -0.136. The van der Waals surface area contributed by atoms with Crippen LogP contribution in [0.4, 0.5) is 4.79 Å². The molecule has 0 aliphatic carbocycles. The number of alkyl carbamates (subject to hydrolysis) is 1. The summed E-state index contributed by atoms with van der Waals surface area (Å²) in [6.07, 6.45) is 2.40. The van der Waals surface area contributed by atoms with Gasteiger partial charge in [-0.25, -0.2) is 14.4 Å². The van der Waals surface area contributed by atoms with Crippen LogP contribution in [0.5, 0.6) is 5.75 Å². The van der Waals surface area contributed by atoms with Gasteiger partial charge in [-0.3, -0.25) is 0 Å². The van der Waals surface area contributed by atoms with E-state index < -0.39 is 29.3 Å². The van der Waals surface area contributed by atoms with Crippen molar-refractivity contribution in [1.82, 2.24) is 5.32 Å². The summed E-state index contributed by atoms with van der Waals surface area (Å²) in [5.74, 6) is -0.384. The lowest BCUT2D eigenvalue weighted by Gasteiger charge is -2.22. The minimum Gasteiger partial charge on any atom is -0.444 e. The third-order valence-corrected chi connectivity index (χ3v) is 4.20. The van der Waals surface area contributed by atoms with E-state index in [1.54, 1.807) is 39.8 Å². The molecule has 2 aromatic rings. The first kappa shape index (κ1) is 22.5. The van der Waals surface area contributed by atoms with Crippen LogP contribution in [0, 0.1) is 0 Å². The molecule has 7 nitrogen and oxygen atoms in total. The van der Waals surface area contributed by atoms with Crippen molar-refractivity contribution >= 4 is 23.0 Å². The molecule has 1 heterocycles. The smallest absolute Gasteiger partial charge is 0.408 e. The van der Waals surface area contributed by atoms with Crippen LogP contribution in [0.25, 0.3) is 11.0 Å². The first-order chi connectivity index (χ1) is 13.6. The molecule has 1 unspecified atom stereocenters. The van der Waals surface area contributed by atoms with Crippen molar-refractivity contribution < 1.29 is 23.5 Å². The summed E-state index contributed by atoms with van der Waals surface area (Å²) >= 11 is 0. The molecule has 0 spiro atoms. The second-order valence-electron chi connectivity index (χ2n) is 7.88. The number of carbonyl (C=O) groups is 2. The number of ether oxygens (including phenoxy) is 2. The Labute approximate surface area is 170 Å². The summed E-state index contributed by atoms with van der Waals surface area (Å²) in [6, 6.07) is 5.58. The molecule has 7 heteroatoms. The van der Waals surface area contributed by atoms with Crippen molar-refractivity contribution in [3.63, 3.8) is 0 Å². The molecule has 0 bridgehead atoms. The van der Waals surface area contributed by atoms with Crippen LogP contribution in [0.1, 0.15) is 59.4 Å². The first-order valence-electron chi connectivity index (χ1n) is 9.91. The molecular formula is C22H29NO6. The van der Waals surface area contributed by atoms with Gasteiger partial charge in [0.2, 0.25) is 0 Å². The summed E-state index contributed by atoms with van der Waals surface area (Å²) < 4.78 is 15.8. The van der Waals surface area contributed by atoms with E-state index in [-0.39, 0.29) is 5.75 Å². The fourth-order valence-electron chi connectivity index (χ4n) is 2.81. The van der Waals surface area contributed by atoms with E-state index in [0.717, 1.165) is 30.2 Å². The number of nitrogens with one attached hydrogen (secondary N) is 1. The van der Waals surface area contributed by atoms with Gasteiger partial charge in [-0.1, -0.05) is 20.3 Å². The zero-order chi connectivity index (χ0) is 21.6. The van der Waals surface area contributed by atoms with Crippen LogP contribution in [0.2, 0.25) is 0 Å². The Morgan fingerprint density at radius 1 is 1.17 bits per heavy atom. The SMILES string of the molecule is CCCCc1cc(=O)oc2cc(OC(=O)C(CC)NC(=O)OC(C)(C)C)ccc12. The highest BCUT2D eigenvalue weighted by Crippen LogP contribution is 2.24. The molecule has 0 radical (unpaired) electrons. The highest BCUT2D eigenvalue weighted by Gasteiger charge is 2.24. The Morgan fingerprint density at radius 2 is 1.90 bits per heavy atom. The molecule has 0 saturated heterocycles. The molecule has 0 saturated carbocycles. The summed E-state index contributed by atoms with van der Waals surface area (Å²) in [4.78, 5) is 36.3. The van der Waals surface area contributed by atoms with Crippen LogP contribution in [-0.2, 0) is 16.0 Å². The number of benzene rings is 1. The second-order valence-corrected chi connectivity index (χ2v) is 7.88. The monoisotopic (exact) mass is 403 g/mol. The average Bonchev–Trinajstić information content (AvgIpc) is 2.62. The topological polar surface area (TPSA) is 94.8 Å².